The molecule has 3 aromatic heterocycles. The van der Waals surface area contributed by atoms with Crippen molar-refractivity contribution < 1.29 is 4.79 Å². The number of rotatable bonds is 5. The number of carbonyl (C=O) groups excluding carboxylic acids is 1. The molecule has 0 radical (unpaired) electrons. The van der Waals surface area contributed by atoms with Crippen LogP contribution < -0.4 is 5.32 Å². The standard InChI is InChI=1S/C25H24N6O/c1-4-30-15-26-23-13-18(9-10-24(23)30)28-25(32)21-12-19(14-31-17(3)11-16(2)29-31)27-22-8-6-5-7-20(21)22/h5-13,15H,4,14H2,1-3H3,(H,28,32). The number of anilines is 1. The number of hydrogen-bond acceptors (Lipinski definition) is 4. The van der Waals surface area contributed by atoms with Crippen LogP contribution in [0.15, 0.2) is 60.9 Å². The molecule has 0 unspecified atom stereocenters. The number of aryl methyl sites for hydroxylation is 3. The molecule has 0 spiro atoms. The van der Waals surface area contributed by atoms with Crippen molar-refractivity contribution >= 4 is 33.5 Å². The molecule has 1 N–H and O–H groups in total. The first kappa shape index (κ1) is 19.9. The SMILES string of the molecule is CCn1cnc2cc(NC(=O)c3cc(Cn4nc(C)cc4C)nc4ccccc34)ccc21. The highest BCUT2D eigenvalue weighted by molar-refractivity contribution is 6.12. The van der Waals surface area contributed by atoms with E-state index in [-0.39, 0.29) is 5.91 Å². The number of nitrogens with zero attached hydrogens (tertiary/aromatic N) is 5. The third-order valence-corrected chi connectivity index (χ3v) is 5.65. The number of fused-ring (bicyclic) bond motifs is 2. The number of nitrogens with one attached hydrogen (secondary N) is 1. The molecule has 0 aliphatic carbocycles. The fourth-order valence-electron chi connectivity index (χ4n) is 4.08. The van der Waals surface area contributed by atoms with E-state index in [2.05, 4.69) is 26.9 Å². The van der Waals surface area contributed by atoms with Gasteiger partial charge in [0.25, 0.3) is 5.91 Å². The minimum atomic E-state index is -0.174. The van der Waals surface area contributed by atoms with E-state index in [9.17, 15) is 4.79 Å². The Hall–Kier alpha value is -4.00. The number of imidazole rings is 1. The molecule has 0 aliphatic heterocycles. The lowest BCUT2D eigenvalue weighted by molar-refractivity contribution is 0.102. The second-order valence-electron chi connectivity index (χ2n) is 7.95. The van der Waals surface area contributed by atoms with Crippen LogP contribution in [0.2, 0.25) is 0 Å². The highest BCUT2D eigenvalue weighted by Gasteiger charge is 2.15. The number of benzene rings is 2. The maximum Gasteiger partial charge on any atom is 0.256 e. The van der Waals surface area contributed by atoms with Gasteiger partial charge in [0.2, 0.25) is 0 Å². The smallest absolute Gasteiger partial charge is 0.256 e. The van der Waals surface area contributed by atoms with E-state index in [1.807, 2.05) is 79.5 Å². The summed E-state index contributed by atoms with van der Waals surface area (Å²) in [7, 11) is 0. The number of amides is 1. The average Bonchev–Trinajstić information content (AvgIpc) is 3.34. The Morgan fingerprint density at radius 1 is 1.03 bits per heavy atom. The molecular formula is C25H24N6O. The Labute approximate surface area is 185 Å². The summed E-state index contributed by atoms with van der Waals surface area (Å²) in [5.74, 6) is -0.174. The Kier molecular flexibility index (Phi) is 4.93. The van der Waals surface area contributed by atoms with Crippen LogP contribution in [-0.4, -0.2) is 30.2 Å². The summed E-state index contributed by atoms with van der Waals surface area (Å²) < 4.78 is 3.98. The van der Waals surface area contributed by atoms with Gasteiger partial charge in [0.1, 0.15) is 0 Å². The van der Waals surface area contributed by atoms with E-state index >= 15 is 0 Å². The summed E-state index contributed by atoms with van der Waals surface area (Å²) in [6, 6.07) is 17.4. The predicted molar refractivity (Wildman–Crippen MR) is 126 cm³/mol. The third kappa shape index (κ3) is 3.62. The van der Waals surface area contributed by atoms with Gasteiger partial charge in [0.15, 0.2) is 0 Å². The number of hydrogen-bond donors (Lipinski definition) is 1. The molecule has 3 heterocycles. The molecule has 0 aliphatic rings. The van der Waals surface area contributed by atoms with Gasteiger partial charge in [0.05, 0.1) is 46.4 Å². The van der Waals surface area contributed by atoms with Crippen molar-refractivity contribution in [2.75, 3.05) is 5.32 Å². The first-order valence-electron chi connectivity index (χ1n) is 10.7. The second-order valence-corrected chi connectivity index (χ2v) is 7.95. The molecule has 0 fully saturated rings. The molecule has 1 amide bonds. The lowest BCUT2D eigenvalue weighted by atomic mass is 10.1. The maximum absolute atomic E-state index is 13.3. The molecule has 7 nitrogen and oxygen atoms in total. The number of aromatic nitrogens is 5. The molecule has 7 heteroatoms. The summed E-state index contributed by atoms with van der Waals surface area (Å²) in [6.07, 6.45) is 1.82. The molecule has 160 valence electrons. The van der Waals surface area contributed by atoms with E-state index in [0.717, 1.165) is 45.6 Å². The number of para-hydroxylation sites is 1. The van der Waals surface area contributed by atoms with Crippen molar-refractivity contribution in [3.05, 3.63) is 83.6 Å². The quantitative estimate of drug-likeness (QED) is 0.443. The van der Waals surface area contributed by atoms with Gasteiger partial charge in [-0.15, -0.1) is 0 Å². The topological polar surface area (TPSA) is 77.6 Å². The van der Waals surface area contributed by atoms with Gasteiger partial charge in [-0.25, -0.2) is 4.98 Å². The van der Waals surface area contributed by atoms with Crippen LogP contribution in [0.5, 0.6) is 0 Å². The van der Waals surface area contributed by atoms with E-state index in [1.165, 1.54) is 0 Å². The molecule has 0 bridgehead atoms. The zero-order valence-corrected chi connectivity index (χ0v) is 18.3. The van der Waals surface area contributed by atoms with Crippen molar-refractivity contribution in [1.82, 2.24) is 24.3 Å². The minimum absolute atomic E-state index is 0.174. The molecule has 0 saturated heterocycles. The average molecular weight is 425 g/mol. The zero-order chi connectivity index (χ0) is 22.2. The largest absolute Gasteiger partial charge is 0.331 e. The van der Waals surface area contributed by atoms with Gasteiger partial charge in [-0.2, -0.15) is 5.10 Å². The van der Waals surface area contributed by atoms with Crippen LogP contribution in [0.1, 0.15) is 34.4 Å². The van der Waals surface area contributed by atoms with Gasteiger partial charge < -0.3 is 9.88 Å². The lowest BCUT2D eigenvalue weighted by Gasteiger charge is -2.11. The Morgan fingerprint density at radius 2 is 1.88 bits per heavy atom. The van der Waals surface area contributed by atoms with Gasteiger partial charge in [-0.3, -0.25) is 14.5 Å². The molecule has 32 heavy (non-hydrogen) atoms. The summed E-state index contributed by atoms with van der Waals surface area (Å²) in [5, 5.41) is 8.39. The fraction of sp³-hybridized carbons (Fsp3) is 0.200. The Morgan fingerprint density at radius 3 is 2.66 bits per heavy atom. The molecule has 2 aromatic carbocycles. The Bertz CT molecular complexity index is 1460. The lowest BCUT2D eigenvalue weighted by Crippen LogP contribution is -2.14. The van der Waals surface area contributed by atoms with Crippen molar-refractivity contribution in [3.8, 4) is 0 Å². The van der Waals surface area contributed by atoms with E-state index in [4.69, 9.17) is 4.98 Å². The third-order valence-electron chi connectivity index (χ3n) is 5.65. The van der Waals surface area contributed by atoms with Crippen molar-refractivity contribution in [3.63, 3.8) is 0 Å². The van der Waals surface area contributed by atoms with Crippen LogP contribution in [0.4, 0.5) is 5.69 Å². The molecule has 5 rings (SSSR count). The van der Waals surface area contributed by atoms with Crippen LogP contribution in [-0.2, 0) is 13.1 Å². The van der Waals surface area contributed by atoms with Crippen molar-refractivity contribution in [1.29, 1.82) is 0 Å². The second kappa shape index (κ2) is 7.92. The zero-order valence-electron chi connectivity index (χ0n) is 18.3. The first-order valence-corrected chi connectivity index (χ1v) is 10.7. The van der Waals surface area contributed by atoms with Crippen LogP contribution >= 0.6 is 0 Å². The van der Waals surface area contributed by atoms with Gasteiger partial charge in [0, 0.05) is 23.3 Å². The molecule has 0 atom stereocenters. The van der Waals surface area contributed by atoms with E-state index in [0.29, 0.717) is 17.8 Å². The van der Waals surface area contributed by atoms with Crippen LogP contribution in [0.3, 0.4) is 0 Å². The highest BCUT2D eigenvalue weighted by atomic mass is 16.1. The monoisotopic (exact) mass is 424 g/mol. The predicted octanol–water partition coefficient (Wildman–Crippen LogP) is 4.72. The highest BCUT2D eigenvalue weighted by Crippen LogP contribution is 2.23. The minimum Gasteiger partial charge on any atom is -0.331 e. The molecule has 5 aromatic rings. The van der Waals surface area contributed by atoms with Crippen molar-refractivity contribution in [2.45, 2.75) is 33.9 Å². The number of carbonyl (C=O) groups is 1. The van der Waals surface area contributed by atoms with E-state index in [1.54, 1.807) is 0 Å². The summed E-state index contributed by atoms with van der Waals surface area (Å²) in [6.45, 7) is 7.42. The summed E-state index contributed by atoms with van der Waals surface area (Å²) in [4.78, 5) is 22.5. The van der Waals surface area contributed by atoms with Crippen LogP contribution in [0, 0.1) is 13.8 Å². The van der Waals surface area contributed by atoms with Gasteiger partial charge in [-0.05, 0) is 57.2 Å². The van der Waals surface area contributed by atoms with Gasteiger partial charge in [-0.1, -0.05) is 18.2 Å². The Balaban J connectivity index is 1.50. The van der Waals surface area contributed by atoms with E-state index < -0.39 is 0 Å². The van der Waals surface area contributed by atoms with Gasteiger partial charge >= 0.3 is 0 Å². The van der Waals surface area contributed by atoms with Crippen molar-refractivity contribution in [2.24, 2.45) is 0 Å². The summed E-state index contributed by atoms with van der Waals surface area (Å²) >= 11 is 0. The molecule has 0 saturated carbocycles. The summed E-state index contributed by atoms with van der Waals surface area (Å²) in [5.41, 5.74) is 6.80. The maximum atomic E-state index is 13.3. The first-order chi connectivity index (χ1) is 15.5. The normalized spacial score (nSPS) is 11.3. The van der Waals surface area contributed by atoms with Crippen LogP contribution in [0.25, 0.3) is 21.9 Å². The number of pyridine rings is 1. The fourth-order valence-corrected chi connectivity index (χ4v) is 4.08. The molecular weight excluding hydrogens is 400 g/mol.